The van der Waals surface area contributed by atoms with Crippen molar-refractivity contribution in [3.8, 4) is 11.5 Å². The fourth-order valence-electron chi connectivity index (χ4n) is 1.96. The van der Waals surface area contributed by atoms with E-state index in [2.05, 4.69) is 5.32 Å². The summed E-state index contributed by atoms with van der Waals surface area (Å²) in [6.07, 6.45) is 1.91. The van der Waals surface area contributed by atoms with Crippen molar-refractivity contribution in [1.82, 2.24) is 5.32 Å². The molecule has 0 aliphatic rings. The van der Waals surface area contributed by atoms with Crippen LogP contribution in [0.4, 0.5) is 0 Å². The highest BCUT2D eigenvalue weighted by molar-refractivity contribution is 5.95. The molecule has 2 atom stereocenters. The number of phenols is 2. The maximum Gasteiger partial charge on any atom is 0.306 e. The van der Waals surface area contributed by atoms with Gasteiger partial charge in [0.1, 0.15) is 11.5 Å². The fraction of sp³-hybridized carbons (Fsp3) is 0.467. The molecule has 1 rings (SSSR count). The summed E-state index contributed by atoms with van der Waals surface area (Å²) in [4.78, 5) is 22.6. The van der Waals surface area contributed by atoms with Gasteiger partial charge in [0, 0.05) is 17.7 Å². The number of aromatic hydroxyl groups is 2. The molecule has 0 bridgehead atoms. The monoisotopic (exact) mass is 295 g/mol. The van der Waals surface area contributed by atoms with Crippen LogP contribution in [0.5, 0.6) is 11.5 Å². The molecule has 0 aliphatic heterocycles. The molecule has 0 radical (unpaired) electrons. The number of benzene rings is 1. The lowest BCUT2D eigenvalue weighted by atomic mass is 10.0. The van der Waals surface area contributed by atoms with Gasteiger partial charge in [0.2, 0.25) is 0 Å². The zero-order chi connectivity index (χ0) is 16.0. The second-order valence-corrected chi connectivity index (χ2v) is 5.28. The molecule has 0 saturated carbocycles. The van der Waals surface area contributed by atoms with Gasteiger partial charge in [-0.25, -0.2) is 0 Å². The third-order valence-corrected chi connectivity index (χ3v) is 3.24. The summed E-state index contributed by atoms with van der Waals surface area (Å²) in [6.45, 7) is 3.48. The van der Waals surface area contributed by atoms with E-state index in [-0.39, 0.29) is 29.0 Å². The number of carboxylic acids is 1. The summed E-state index contributed by atoms with van der Waals surface area (Å²) in [7, 11) is 0. The first kappa shape index (κ1) is 16.8. The van der Waals surface area contributed by atoms with Crippen molar-refractivity contribution in [3.63, 3.8) is 0 Å². The Kier molecular flexibility index (Phi) is 6.02. The van der Waals surface area contributed by atoms with Gasteiger partial charge in [-0.2, -0.15) is 0 Å². The zero-order valence-corrected chi connectivity index (χ0v) is 12.2. The van der Waals surface area contributed by atoms with Crippen molar-refractivity contribution in [2.24, 2.45) is 5.92 Å². The zero-order valence-electron chi connectivity index (χ0n) is 12.2. The Labute approximate surface area is 123 Å². The van der Waals surface area contributed by atoms with Crippen molar-refractivity contribution < 1.29 is 24.9 Å². The Morgan fingerprint density at radius 3 is 2.19 bits per heavy atom. The molecule has 116 valence electrons. The number of hydrogen-bond acceptors (Lipinski definition) is 4. The van der Waals surface area contributed by atoms with Crippen molar-refractivity contribution in [1.29, 1.82) is 0 Å². The highest BCUT2D eigenvalue weighted by atomic mass is 16.4. The normalized spacial score (nSPS) is 13.4. The van der Waals surface area contributed by atoms with Gasteiger partial charge in [0.25, 0.3) is 5.91 Å². The van der Waals surface area contributed by atoms with Crippen LogP contribution in [-0.4, -0.2) is 33.2 Å². The first-order chi connectivity index (χ1) is 9.79. The predicted molar refractivity (Wildman–Crippen MR) is 77.4 cm³/mol. The Hall–Kier alpha value is -2.24. The van der Waals surface area contributed by atoms with Crippen LogP contribution in [0.15, 0.2) is 18.2 Å². The number of aliphatic carboxylic acids is 1. The van der Waals surface area contributed by atoms with Crippen LogP contribution in [0.25, 0.3) is 0 Å². The van der Waals surface area contributed by atoms with Gasteiger partial charge in [-0.1, -0.05) is 13.3 Å². The minimum atomic E-state index is -0.818. The average Bonchev–Trinajstić information content (AvgIpc) is 2.37. The number of rotatable bonds is 7. The molecule has 1 aromatic rings. The molecule has 0 heterocycles. The molecular weight excluding hydrogens is 274 g/mol. The highest BCUT2D eigenvalue weighted by Crippen LogP contribution is 2.20. The van der Waals surface area contributed by atoms with Gasteiger partial charge in [-0.05, 0) is 31.9 Å². The van der Waals surface area contributed by atoms with Crippen LogP contribution in [0, 0.1) is 5.92 Å². The highest BCUT2D eigenvalue weighted by Gasteiger charge is 2.14. The molecular formula is C15H21NO5. The largest absolute Gasteiger partial charge is 0.508 e. The van der Waals surface area contributed by atoms with Crippen LogP contribution < -0.4 is 5.32 Å². The lowest BCUT2D eigenvalue weighted by Gasteiger charge is -2.15. The SMILES string of the molecule is CC(CCCC(C)C(=O)O)NC(=O)c1cc(O)cc(O)c1. The fourth-order valence-corrected chi connectivity index (χ4v) is 1.96. The number of phenolic OH excluding ortho intramolecular Hbond substituents is 2. The molecule has 0 spiro atoms. The summed E-state index contributed by atoms with van der Waals surface area (Å²) >= 11 is 0. The molecule has 1 amide bonds. The quantitative estimate of drug-likeness (QED) is 0.616. The number of nitrogens with one attached hydrogen (secondary N) is 1. The van der Waals surface area contributed by atoms with Gasteiger partial charge in [-0.15, -0.1) is 0 Å². The molecule has 0 aromatic heterocycles. The van der Waals surface area contributed by atoms with Crippen molar-refractivity contribution in [2.45, 2.75) is 39.2 Å². The van der Waals surface area contributed by atoms with Crippen LogP contribution in [0.2, 0.25) is 0 Å². The molecule has 0 fully saturated rings. The first-order valence-electron chi connectivity index (χ1n) is 6.86. The Balaban J connectivity index is 2.45. The minimum absolute atomic E-state index is 0.122. The lowest BCUT2D eigenvalue weighted by molar-refractivity contribution is -0.141. The van der Waals surface area contributed by atoms with E-state index < -0.39 is 11.9 Å². The molecule has 21 heavy (non-hydrogen) atoms. The number of hydrogen-bond donors (Lipinski definition) is 4. The van der Waals surface area contributed by atoms with Crippen molar-refractivity contribution >= 4 is 11.9 Å². The molecule has 2 unspecified atom stereocenters. The van der Waals surface area contributed by atoms with Crippen LogP contribution in [0.3, 0.4) is 0 Å². The van der Waals surface area contributed by atoms with Gasteiger partial charge in [0.05, 0.1) is 5.92 Å². The predicted octanol–water partition coefficient (Wildman–Crippen LogP) is 2.11. The van der Waals surface area contributed by atoms with Crippen molar-refractivity contribution in [2.75, 3.05) is 0 Å². The van der Waals surface area contributed by atoms with Gasteiger partial charge < -0.3 is 20.6 Å². The first-order valence-corrected chi connectivity index (χ1v) is 6.86. The molecule has 0 saturated heterocycles. The van der Waals surface area contributed by atoms with Crippen LogP contribution in [0.1, 0.15) is 43.5 Å². The van der Waals surface area contributed by atoms with E-state index in [0.717, 1.165) is 6.07 Å². The molecule has 6 nitrogen and oxygen atoms in total. The Morgan fingerprint density at radius 2 is 1.67 bits per heavy atom. The third-order valence-electron chi connectivity index (χ3n) is 3.24. The molecule has 6 heteroatoms. The van der Waals surface area contributed by atoms with Gasteiger partial charge in [0.15, 0.2) is 0 Å². The standard InChI is InChI=1S/C15H21NO5/c1-9(15(20)21)4-3-5-10(2)16-14(19)11-6-12(17)8-13(18)7-11/h6-10,17-18H,3-5H2,1-2H3,(H,16,19)(H,20,21). The average molecular weight is 295 g/mol. The number of carbonyl (C=O) groups is 2. The van der Waals surface area contributed by atoms with E-state index >= 15 is 0 Å². The van der Waals surface area contributed by atoms with E-state index in [9.17, 15) is 19.8 Å². The van der Waals surface area contributed by atoms with Gasteiger partial charge in [-0.3, -0.25) is 9.59 Å². The molecule has 1 aromatic carbocycles. The maximum absolute atomic E-state index is 11.9. The smallest absolute Gasteiger partial charge is 0.306 e. The summed E-state index contributed by atoms with van der Waals surface area (Å²) < 4.78 is 0. The number of amides is 1. The summed E-state index contributed by atoms with van der Waals surface area (Å²) in [6, 6.07) is 3.57. The Morgan fingerprint density at radius 1 is 1.10 bits per heavy atom. The third kappa shape index (κ3) is 5.72. The van der Waals surface area contributed by atoms with Crippen LogP contribution >= 0.6 is 0 Å². The number of carbonyl (C=O) groups excluding carboxylic acids is 1. The summed E-state index contributed by atoms with van der Waals surface area (Å²) in [5.41, 5.74) is 0.179. The topological polar surface area (TPSA) is 107 Å². The van der Waals surface area contributed by atoms with Gasteiger partial charge >= 0.3 is 5.97 Å². The summed E-state index contributed by atoms with van der Waals surface area (Å²) in [5, 5.41) is 30.2. The minimum Gasteiger partial charge on any atom is -0.508 e. The molecule has 4 N–H and O–H groups in total. The van der Waals surface area contributed by atoms with E-state index in [1.165, 1.54) is 12.1 Å². The second kappa shape index (κ2) is 7.52. The van der Waals surface area contributed by atoms with E-state index in [1.54, 1.807) is 6.92 Å². The van der Waals surface area contributed by atoms with Crippen molar-refractivity contribution in [3.05, 3.63) is 23.8 Å². The second-order valence-electron chi connectivity index (χ2n) is 5.28. The number of carboxylic acid groups (broad SMARTS) is 1. The Bertz CT molecular complexity index is 495. The van der Waals surface area contributed by atoms with E-state index in [4.69, 9.17) is 5.11 Å². The van der Waals surface area contributed by atoms with E-state index in [0.29, 0.717) is 19.3 Å². The molecule has 0 aliphatic carbocycles. The maximum atomic E-state index is 11.9. The van der Waals surface area contributed by atoms with Crippen LogP contribution in [-0.2, 0) is 4.79 Å². The lowest BCUT2D eigenvalue weighted by Crippen LogP contribution is -2.32. The van der Waals surface area contributed by atoms with E-state index in [1.807, 2.05) is 6.92 Å². The summed E-state index contributed by atoms with van der Waals surface area (Å²) in [5.74, 6) is -1.95.